The van der Waals surface area contributed by atoms with Gasteiger partial charge in [-0.25, -0.2) is 0 Å². The van der Waals surface area contributed by atoms with Crippen molar-refractivity contribution in [3.8, 4) is 0 Å². The molecule has 2 N–H and O–H groups in total. The van der Waals surface area contributed by atoms with E-state index in [4.69, 9.17) is 12.2 Å². The van der Waals surface area contributed by atoms with E-state index in [0.717, 1.165) is 24.0 Å². The summed E-state index contributed by atoms with van der Waals surface area (Å²) in [5.74, 6) is 0.0306. The Morgan fingerprint density at radius 1 is 0.938 bits per heavy atom. The topological polar surface area (TPSA) is 44.4 Å². The molecule has 0 unspecified atom stereocenters. The highest BCUT2D eigenvalue weighted by molar-refractivity contribution is 7.80. The van der Waals surface area contributed by atoms with Crippen LogP contribution >= 0.6 is 12.2 Å². The summed E-state index contributed by atoms with van der Waals surface area (Å²) in [7, 11) is 1.89. The normalized spacial score (nSPS) is 15.8. The number of nitrogens with one attached hydrogen (secondary N) is 2. The van der Waals surface area contributed by atoms with Crippen LogP contribution in [0.15, 0.2) is 60.7 Å². The summed E-state index contributed by atoms with van der Waals surface area (Å²) in [4.78, 5) is 15.7. The van der Waals surface area contributed by atoms with Gasteiger partial charge in [-0.05, 0) is 41.6 Å². The Kier molecular flexibility index (Phi) is 8.30. The Morgan fingerprint density at radius 3 is 1.91 bits per heavy atom. The lowest BCUT2D eigenvalue weighted by Gasteiger charge is -2.38. The number of hydrogen-bond acceptors (Lipinski definition) is 2. The molecule has 0 radical (unpaired) electrons. The molecule has 1 saturated carbocycles. The number of likely N-dealkylation sites (N-methyl/N-ethyl adjacent to an activating group) is 1. The lowest BCUT2D eigenvalue weighted by Crippen LogP contribution is -2.57. The fourth-order valence-electron chi connectivity index (χ4n) is 4.49. The molecule has 1 fully saturated rings. The summed E-state index contributed by atoms with van der Waals surface area (Å²) in [6, 6.07) is 20.2. The Bertz CT molecular complexity index is 833. The van der Waals surface area contributed by atoms with Crippen LogP contribution in [-0.4, -0.2) is 35.1 Å². The molecular formula is C27H37N3OS. The van der Waals surface area contributed by atoms with Gasteiger partial charge < -0.3 is 15.5 Å². The summed E-state index contributed by atoms with van der Waals surface area (Å²) in [5.41, 5.74) is 1.87. The minimum atomic E-state index is -0.439. The fourth-order valence-corrected chi connectivity index (χ4v) is 4.78. The van der Waals surface area contributed by atoms with Crippen LogP contribution in [0.25, 0.3) is 0 Å². The van der Waals surface area contributed by atoms with Gasteiger partial charge >= 0.3 is 0 Å². The minimum Gasteiger partial charge on any atom is -0.360 e. The number of carbonyl (C=O) groups is 1. The molecule has 32 heavy (non-hydrogen) atoms. The predicted molar refractivity (Wildman–Crippen MR) is 136 cm³/mol. The average molecular weight is 452 g/mol. The highest BCUT2D eigenvalue weighted by Gasteiger charge is 2.37. The molecule has 1 aliphatic rings. The smallest absolute Gasteiger partial charge is 0.246 e. The molecule has 4 nitrogen and oxygen atoms in total. The summed E-state index contributed by atoms with van der Waals surface area (Å²) < 4.78 is 0. The summed E-state index contributed by atoms with van der Waals surface area (Å²) in [5, 5.41) is 7.41. The molecule has 1 amide bonds. The van der Waals surface area contributed by atoms with Gasteiger partial charge in [-0.15, -0.1) is 0 Å². The second-order valence-electron chi connectivity index (χ2n) is 9.92. The minimum absolute atomic E-state index is 0.0306. The molecule has 0 spiro atoms. The molecule has 172 valence electrons. The Hall–Kier alpha value is -2.40. The summed E-state index contributed by atoms with van der Waals surface area (Å²) in [6.45, 7) is 6.25. The van der Waals surface area contributed by atoms with Crippen LogP contribution in [-0.2, 0) is 4.79 Å². The van der Waals surface area contributed by atoms with Crippen LogP contribution in [0.3, 0.4) is 0 Å². The molecule has 1 aliphatic carbocycles. The maximum atomic E-state index is 13.9. The van der Waals surface area contributed by atoms with Crippen molar-refractivity contribution in [1.82, 2.24) is 15.5 Å². The lowest BCUT2D eigenvalue weighted by atomic mass is 9.85. The molecule has 0 bridgehead atoms. The zero-order valence-electron chi connectivity index (χ0n) is 19.8. The van der Waals surface area contributed by atoms with E-state index in [2.05, 4.69) is 55.7 Å². The number of amides is 1. The summed E-state index contributed by atoms with van der Waals surface area (Å²) in [6.07, 6.45) is 6.05. The first-order valence-corrected chi connectivity index (χ1v) is 12.1. The van der Waals surface area contributed by atoms with Gasteiger partial charge in [0.05, 0.1) is 6.04 Å². The largest absolute Gasteiger partial charge is 0.360 e. The van der Waals surface area contributed by atoms with Crippen molar-refractivity contribution < 1.29 is 4.79 Å². The van der Waals surface area contributed by atoms with Gasteiger partial charge in [0.15, 0.2) is 5.11 Å². The molecule has 2 aromatic carbocycles. The number of rotatable bonds is 6. The van der Waals surface area contributed by atoms with Crippen LogP contribution in [0, 0.1) is 5.41 Å². The zero-order valence-corrected chi connectivity index (χ0v) is 20.6. The monoisotopic (exact) mass is 451 g/mol. The predicted octanol–water partition coefficient (Wildman–Crippen LogP) is 5.45. The highest BCUT2D eigenvalue weighted by atomic mass is 32.1. The second kappa shape index (κ2) is 11.0. The SMILES string of the molecule is CN(C(=O)[C@H](NC(=S)NC1CCCCC1)C(C)(C)C)C(c1ccccc1)c1ccccc1. The molecule has 0 saturated heterocycles. The maximum absolute atomic E-state index is 13.9. The number of thiocarbonyl (C=S) groups is 1. The number of benzene rings is 2. The van der Waals surface area contributed by atoms with Crippen LogP contribution in [0.4, 0.5) is 0 Å². The fraction of sp³-hybridized carbons (Fsp3) is 0.481. The van der Waals surface area contributed by atoms with Gasteiger partial charge in [0.2, 0.25) is 5.91 Å². The van der Waals surface area contributed by atoms with E-state index >= 15 is 0 Å². The third-order valence-electron chi connectivity index (χ3n) is 6.29. The van der Waals surface area contributed by atoms with Crippen LogP contribution in [0.2, 0.25) is 0 Å². The second-order valence-corrected chi connectivity index (χ2v) is 10.3. The molecule has 0 heterocycles. The third kappa shape index (κ3) is 6.32. The van der Waals surface area contributed by atoms with Gasteiger partial charge in [-0.3, -0.25) is 4.79 Å². The van der Waals surface area contributed by atoms with Crippen molar-refractivity contribution in [2.24, 2.45) is 5.41 Å². The molecule has 0 aliphatic heterocycles. The van der Waals surface area contributed by atoms with E-state index < -0.39 is 6.04 Å². The molecule has 1 atom stereocenters. The average Bonchev–Trinajstić information content (AvgIpc) is 2.78. The molecule has 5 heteroatoms. The van der Waals surface area contributed by atoms with E-state index in [-0.39, 0.29) is 17.4 Å². The zero-order chi connectivity index (χ0) is 23.1. The van der Waals surface area contributed by atoms with E-state index in [0.29, 0.717) is 11.2 Å². The van der Waals surface area contributed by atoms with Crippen molar-refractivity contribution >= 4 is 23.2 Å². The van der Waals surface area contributed by atoms with Gasteiger partial charge in [0.25, 0.3) is 0 Å². The number of nitrogens with zero attached hydrogens (tertiary/aromatic N) is 1. The highest BCUT2D eigenvalue weighted by Crippen LogP contribution is 2.30. The number of hydrogen-bond donors (Lipinski definition) is 2. The molecule has 3 rings (SSSR count). The van der Waals surface area contributed by atoms with Crippen molar-refractivity contribution in [3.05, 3.63) is 71.8 Å². The van der Waals surface area contributed by atoms with Crippen molar-refractivity contribution in [2.45, 2.75) is 71.0 Å². The van der Waals surface area contributed by atoms with E-state index in [1.165, 1.54) is 19.3 Å². The van der Waals surface area contributed by atoms with Crippen LogP contribution < -0.4 is 10.6 Å². The first kappa shape index (κ1) is 24.2. The van der Waals surface area contributed by atoms with E-state index in [1.807, 2.05) is 48.3 Å². The number of carbonyl (C=O) groups excluding carboxylic acids is 1. The van der Waals surface area contributed by atoms with Gasteiger partial charge in [-0.1, -0.05) is 101 Å². The Morgan fingerprint density at radius 2 is 1.44 bits per heavy atom. The first-order chi connectivity index (χ1) is 15.3. The maximum Gasteiger partial charge on any atom is 0.246 e. The van der Waals surface area contributed by atoms with E-state index in [1.54, 1.807) is 0 Å². The quantitative estimate of drug-likeness (QED) is 0.574. The Balaban J connectivity index is 1.82. The van der Waals surface area contributed by atoms with Gasteiger partial charge in [-0.2, -0.15) is 0 Å². The summed E-state index contributed by atoms with van der Waals surface area (Å²) >= 11 is 5.65. The van der Waals surface area contributed by atoms with Crippen LogP contribution in [0.5, 0.6) is 0 Å². The lowest BCUT2D eigenvalue weighted by molar-refractivity contribution is -0.135. The van der Waals surface area contributed by atoms with Gasteiger partial charge in [0.1, 0.15) is 6.04 Å². The first-order valence-electron chi connectivity index (χ1n) is 11.7. The van der Waals surface area contributed by atoms with Crippen LogP contribution in [0.1, 0.15) is 70.0 Å². The van der Waals surface area contributed by atoms with Gasteiger partial charge in [0, 0.05) is 13.1 Å². The Labute approximate surface area is 198 Å². The van der Waals surface area contributed by atoms with Crippen molar-refractivity contribution in [2.75, 3.05) is 7.05 Å². The van der Waals surface area contributed by atoms with E-state index in [9.17, 15) is 4.79 Å². The third-order valence-corrected chi connectivity index (χ3v) is 6.53. The van der Waals surface area contributed by atoms with Crippen molar-refractivity contribution in [3.63, 3.8) is 0 Å². The standard InChI is InChI=1S/C27H37N3OS/c1-27(2,3)24(29-26(32)28-22-18-12-7-13-19-22)25(31)30(4)23(20-14-8-5-9-15-20)21-16-10-6-11-17-21/h5-6,8-11,14-17,22-24H,7,12-13,18-19H2,1-4H3,(H2,28,29,32)/t24-/m0/s1. The molecular weight excluding hydrogens is 414 g/mol. The van der Waals surface area contributed by atoms with Crippen molar-refractivity contribution in [1.29, 1.82) is 0 Å². The molecule has 0 aromatic heterocycles. The molecule has 2 aromatic rings.